The predicted octanol–water partition coefficient (Wildman–Crippen LogP) is 2.94. The number of imidazole rings is 2. The molecule has 0 aliphatic heterocycles. The van der Waals surface area contributed by atoms with Crippen molar-refractivity contribution < 1.29 is 18.5 Å². The van der Waals surface area contributed by atoms with Gasteiger partial charge in [0.1, 0.15) is 47.5 Å². The largest absolute Gasteiger partial charge is 0.580 e. The Bertz CT molecular complexity index is 1990. The SMILES string of the molecule is N#Cc1ccc(F)cc1-n1cnc2ccc(OB(O)c3ccc4ncn(-c5cc(F)ccc5C#N)c4n3)nc21. The zero-order valence-electron chi connectivity index (χ0n) is 19.7. The van der Waals surface area contributed by atoms with Crippen LogP contribution in [-0.2, 0) is 0 Å². The maximum absolute atomic E-state index is 13.9. The van der Waals surface area contributed by atoms with E-state index >= 15 is 0 Å². The van der Waals surface area contributed by atoms with Gasteiger partial charge < -0.3 is 9.68 Å². The van der Waals surface area contributed by atoms with Crippen LogP contribution in [0.1, 0.15) is 11.1 Å². The van der Waals surface area contributed by atoms with Crippen molar-refractivity contribution in [3.63, 3.8) is 0 Å². The van der Waals surface area contributed by atoms with Gasteiger partial charge in [-0.2, -0.15) is 15.5 Å². The molecule has 39 heavy (non-hydrogen) atoms. The minimum Gasteiger partial charge on any atom is -0.517 e. The Morgan fingerprint density at radius 2 is 1.28 bits per heavy atom. The molecule has 186 valence electrons. The van der Waals surface area contributed by atoms with E-state index in [1.54, 1.807) is 12.1 Å². The summed E-state index contributed by atoms with van der Waals surface area (Å²) in [6.07, 6.45) is 2.81. The van der Waals surface area contributed by atoms with E-state index in [-0.39, 0.29) is 45.3 Å². The number of rotatable bonds is 5. The number of pyridine rings is 2. The lowest BCUT2D eigenvalue weighted by Gasteiger charge is -2.11. The first kappa shape index (κ1) is 23.7. The average Bonchev–Trinajstić information content (AvgIpc) is 3.56. The molecule has 10 nitrogen and oxygen atoms in total. The van der Waals surface area contributed by atoms with E-state index in [0.29, 0.717) is 11.0 Å². The van der Waals surface area contributed by atoms with Crippen molar-refractivity contribution in [2.75, 3.05) is 0 Å². The molecule has 6 aromatic rings. The fourth-order valence-electron chi connectivity index (χ4n) is 4.11. The summed E-state index contributed by atoms with van der Waals surface area (Å²) < 4.78 is 36.4. The summed E-state index contributed by atoms with van der Waals surface area (Å²) >= 11 is 0. The van der Waals surface area contributed by atoms with Gasteiger partial charge in [0.15, 0.2) is 17.2 Å². The van der Waals surface area contributed by atoms with E-state index in [9.17, 15) is 24.3 Å². The minimum absolute atomic E-state index is 0.0129. The topological polar surface area (TPSA) is 138 Å². The van der Waals surface area contributed by atoms with E-state index in [0.717, 1.165) is 0 Å². The molecule has 0 unspecified atom stereocenters. The van der Waals surface area contributed by atoms with E-state index in [1.165, 1.54) is 70.3 Å². The zero-order valence-corrected chi connectivity index (χ0v) is 19.7. The molecule has 0 bridgehead atoms. The number of nitrogens with zero attached hydrogens (tertiary/aromatic N) is 8. The molecule has 0 fully saturated rings. The number of aromatic nitrogens is 6. The van der Waals surface area contributed by atoms with Crippen molar-refractivity contribution in [1.29, 1.82) is 10.5 Å². The van der Waals surface area contributed by atoms with Gasteiger partial charge in [-0.1, -0.05) is 0 Å². The Balaban J connectivity index is 1.35. The Labute approximate surface area is 218 Å². The van der Waals surface area contributed by atoms with Gasteiger partial charge in [-0.3, -0.25) is 9.13 Å². The molecule has 0 aliphatic rings. The molecule has 2 aromatic carbocycles. The third kappa shape index (κ3) is 4.19. The van der Waals surface area contributed by atoms with Gasteiger partial charge in [-0.05, 0) is 54.6 Å². The summed E-state index contributed by atoms with van der Waals surface area (Å²) in [7, 11) is -1.56. The first-order valence-electron chi connectivity index (χ1n) is 11.4. The third-order valence-corrected chi connectivity index (χ3v) is 5.95. The van der Waals surface area contributed by atoms with E-state index in [2.05, 4.69) is 19.9 Å². The number of halogens is 2. The van der Waals surface area contributed by atoms with E-state index in [1.807, 2.05) is 12.1 Å². The summed E-state index contributed by atoms with van der Waals surface area (Å²) in [5, 5.41) is 29.7. The highest BCUT2D eigenvalue weighted by Crippen LogP contribution is 2.23. The Morgan fingerprint density at radius 1 is 0.744 bits per heavy atom. The highest BCUT2D eigenvalue weighted by molar-refractivity contribution is 6.59. The van der Waals surface area contributed by atoms with Crippen LogP contribution in [0.3, 0.4) is 0 Å². The van der Waals surface area contributed by atoms with Gasteiger partial charge in [0.2, 0.25) is 0 Å². The second kappa shape index (κ2) is 9.34. The summed E-state index contributed by atoms with van der Waals surface area (Å²) in [6.45, 7) is 0. The molecular weight excluding hydrogens is 505 g/mol. The van der Waals surface area contributed by atoms with Gasteiger partial charge in [0.05, 0.1) is 28.1 Å². The zero-order chi connectivity index (χ0) is 27.1. The standard InChI is InChI=1S/C26H13BF2N8O2/c28-17-3-1-15(11-30)21(9-17)36-13-32-19-5-7-23(34-25(19)36)27(38)39-24-8-6-20-26(35-24)37(14-33-20)22-10-18(29)4-2-16(22)12-31/h1-10,13-14,38H. The number of hydrogen-bond acceptors (Lipinski definition) is 8. The molecule has 4 heterocycles. The number of benzene rings is 2. The van der Waals surface area contributed by atoms with Crippen LogP contribution in [0.4, 0.5) is 8.78 Å². The first-order chi connectivity index (χ1) is 18.9. The van der Waals surface area contributed by atoms with Crippen LogP contribution >= 0.6 is 0 Å². The van der Waals surface area contributed by atoms with Crippen molar-refractivity contribution in [2.24, 2.45) is 0 Å². The highest BCUT2D eigenvalue weighted by Gasteiger charge is 2.24. The Morgan fingerprint density at radius 3 is 1.85 bits per heavy atom. The molecule has 0 spiro atoms. The Hall–Kier alpha value is -5.66. The van der Waals surface area contributed by atoms with E-state index < -0.39 is 18.8 Å². The lowest BCUT2D eigenvalue weighted by Crippen LogP contribution is -2.39. The van der Waals surface area contributed by atoms with Crippen LogP contribution in [0.25, 0.3) is 33.7 Å². The second-order valence-electron chi connectivity index (χ2n) is 8.32. The maximum atomic E-state index is 13.9. The van der Waals surface area contributed by atoms with Crippen LogP contribution in [0.2, 0.25) is 0 Å². The lowest BCUT2D eigenvalue weighted by molar-refractivity contribution is 0.422. The number of nitriles is 2. The molecule has 0 saturated heterocycles. The molecule has 0 saturated carbocycles. The minimum atomic E-state index is -1.56. The lowest BCUT2D eigenvalue weighted by atomic mass is 9.84. The molecule has 6 rings (SSSR count). The van der Waals surface area contributed by atoms with Crippen molar-refractivity contribution >= 4 is 35.0 Å². The smallest absolute Gasteiger partial charge is 0.517 e. The highest BCUT2D eigenvalue weighted by atomic mass is 19.1. The fourth-order valence-corrected chi connectivity index (χ4v) is 4.11. The van der Waals surface area contributed by atoms with Crippen LogP contribution in [0.5, 0.6) is 5.88 Å². The summed E-state index contributed by atoms with van der Waals surface area (Å²) in [4.78, 5) is 17.3. The molecule has 0 atom stereocenters. The normalized spacial score (nSPS) is 10.9. The third-order valence-electron chi connectivity index (χ3n) is 5.95. The first-order valence-corrected chi connectivity index (χ1v) is 11.4. The van der Waals surface area contributed by atoms with Gasteiger partial charge >= 0.3 is 7.12 Å². The van der Waals surface area contributed by atoms with Gasteiger partial charge in [-0.25, -0.2) is 23.7 Å². The maximum Gasteiger partial charge on any atom is 0.580 e. The molecule has 0 aliphatic carbocycles. The van der Waals surface area contributed by atoms with Crippen LogP contribution in [-0.4, -0.2) is 41.2 Å². The molecular formula is C26H13BF2N8O2. The quantitative estimate of drug-likeness (QED) is 0.344. The molecule has 1 N–H and O–H groups in total. The summed E-state index contributed by atoms with van der Waals surface area (Å²) in [5.41, 5.74) is 2.48. The number of fused-ring (bicyclic) bond motifs is 2. The van der Waals surface area contributed by atoms with Crippen molar-refractivity contribution in [1.82, 2.24) is 29.1 Å². The van der Waals surface area contributed by atoms with Crippen LogP contribution < -0.4 is 10.2 Å². The van der Waals surface area contributed by atoms with Crippen molar-refractivity contribution in [3.05, 3.63) is 96.1 Å². The molecule has 4 aromatic heterocycles. The van der Waals surface area contributed by atoms with Gasteiger partial charge in [-0.15, -0.1) is 0 Å². The van der Waals surface area contributed by atoms with Crippen molar-refractivity contribution in [2.45, 2.75) is 0 Å². The van der Waals surface area contributed by atoms with Crippen LogP contribution in [0, 0.1) is 34.3 Å². The second-order valence-corrected chi connectivity index (χ2v) is 8.32. The Kier molecular flexibility index (Phi) is 5.68. The summed E-state index contributed by atoms with van der Waals surface area (Å²) in [5.74, 6) is -1.06. The number of hydrogen-bond donors (Lipinski definition) is 1. The van der Waals surface area contributed by atoms with Crippen LogP contribution in [0.15, 0.2) is 73.3 Å². The molecule has 0 radical (unpaired) electrons. The predicted molar refractivity (Wildman–Crippen MR) is 135 cm³/mol. The van der Waals surface area contributed by atoms with Crippen molar-refractivity contribution in [3.8, 4) is 29.4 Å². The van der Waals surface area contributed by atoms with Gasteiger partial charge in [0.25, 0.3) is 0 Å². The molecule has 13 heteroatoms. The monoisotopic (exact) mass is 518 g/mol. The average molecular weight is 518 g/mol. The van der Waals surface area contributed by atoms with Gasteiger partial charge in [0, 0.05) is 6.07 Å². The fraction of sp³-hybridized carbons (Fsp3) is 0. The molecule has 0 amide bonds. The van der Waals surface area contributed by atoms with E-state index in [4.69, 9.17) is 4.65 Å². The summed E-state index contributed by atoms with van der Waals surface area (Å²) in [6, 6.07) is 17.7.